The highest BCUT2D eigenvalue weighted by Gasteiger charge is 2.12. The Balaban J connectivity index is 2.68. The molecule has 0 unspecified atom stereocenters. The third kappa shape index (κ3) is 1.26. The SMILES string of the molecule is NC(N)=[O+]c1cccc2nnnn12. The second-order valence-corrected chi connectivity index (χ2v) is 2.32. The number of hydrogen-bond donors (Lipinski definition) is 2. The van der Waals surface area contributed by atoms with E-state index in [1.807, 2.05) is 0 Å². The Morgan fingerprint density at radius 3 is 3.00 bits per heavy atom. The summed E-state index contributed by atoms with van der Waals surface area (Å²) >= 11 is 0. The Bertz CT molecular complexity index is 457. The first-order valence-electron chi connectivity index (χ1n) is 3.50. The molecule has 2 heterocycles. The first-order valence-corrected chi connectivity index (χ1v) is 3.50. The van der Waals surface area contributed by atoms with Crippen molar-refractivity contribution in [2.45, 2.75) is 0 Å². The van der Waals surface area contributed by atoms with Gasteiger partial charge in [0.2, 0.25) is 0 Å². The lowest BCUT2D eigenvalue weighted by molar-refractivity contribution is -0.0342. The Kier molecular flexibility index (Phi) is 1.55. The van der Waals surface area contributed by atoms with Crippen LogP contribution in [0.1, 0.15) is 0 Å². The van der Waals surface area contributed by atoms with Crippen LogP contribution in [0, 0.1) is 0 Å². The molecule has 0 aliphatic carbocycles. The molecule has 4 N–H and O–H groups in total. The number of primary amides is 2. The van der Waals surface area contributed by atoms with E-state index in [2.05, 4.69) is 15.5 Å². The van der Waals surface area contributed by atoms with Gasteiger partial charge in [-0.05, 0) is 22.6 Å². The minimum Gasteiger partial charge on any atom is -0.302 e. The molecule has 0 aromatic carbocycles. The van der Waals surface area contributed by atoms with Gasteiger partial charge >= 0.3 is 11.9 Å². The lowest BCUT2D eigenvalue weighted by Crippen LogP contribution is -2.20. The van der Waals surface area contributed by atoms with Crippen molar-refractivity contribution in [1.82, 2.24) is 20.0 Å². The second-order valence-electron chi connectivity index (χ2n) is 2.32. The fourth-order valence-electron chi connectivity index (χ4n) is 0.940. The van der Waals surface area contributed by atoms with Crippen molar-refractivity contribution < 1.29 is 4.42 Å². The Morgan fingerprint density at radius 2 is 2.23 bits per heavy atom. The summed E-state index contributed by atoms with van der Waals surface area (Å²) in [7, 11) is 0. The van der Waals surface area contributed by atoms with E-state index in [4.69, 9.17) is 15.9 Å². The first kappa shape index (κ1) is 7.47. The maximum Gasteiger partial charge on any atom is 0.505 e. The molecule has 2 rings (SSSR count). The second kappa shape index (κ2) is 2.70. The monoisotopic (exact) mass is 179 g/mol. The topological polar surface area (TPSA) is 106 Å². The summed E-state index contributed by atoms with van der Waals surface area (Å²) in [6, 6.07) is 4.98. The summed E-state index contributed by atoms with van der Waals surface area (Å²) in [5, 5.41) is 10.9. The third-order valence-electron chi connectivity index (χ3n) is 1.41. The van der Waals surface area contributed by atoms with Crippen LogP contribution in [0.15, 0.2) is 18.2 Å². The van der Waals surface area contributed by atoms with Crippen LogP contribution in [-0.2, 0) is 0 Å². The van der Waals surface area contributed by atoms with Gasteiger partial charge in [-0.25, -0.2) is 0 Å². The summed E-state index contributed by atoms with van der Waals surface area (Å²) < 4.78 is 6.37. The normalized spacial score (nSPS) is 10.2. The van der Waals surface area contributed by atoms with Gasteiger partial charge < -0.3 is 11.5 Å². The standard InChI is InChI=1S/C6H7N6O/c7-6(8)13-5-3-1-2-4-9-10-11-12(4)5/h1-3H,7-8H2/q+1. The molecule has 7 nitrogen and oxygen atoms in total. The van der Waals surface area contributed by atoms with E-state index in [0.29, 0.717) is 11.5 Å². The molecule has 2 aromatic rings. The first-order chi connectivity index (χ1) is 6.27. The molecule has 0 aliphatic heterocycles. The quantitative estimate of drug-likeness (QED) is 0.571. The molecule has 0 bridgehead atoms. The number of rotatable bonds is 1. The van der Waals surface area contributed by atoms with Crippen molar-refractivity contribution in [3.63, 3.8) is 0 Å². The van der Waals surface area contributed by atoms with E-state index in [9.17, 15) is 0 Å². The number of amides is 2. The van der Waals surface area contributed by atoms with Gasteiger partial charge in [-0.2, -0.15) is 4.42 Å². The minimum absolute atomic E-state index is 0.150. The van der Waals surface area contributed by atoms with Crippen LogP contribution in [-0.4, -0.2) is 26.1 Å². The van der Waals surface area contributed by atoms with Gasteiger partial charge in [-0.1, -0.05) is 0 Å². The van der Waals surface area contributed by atoms with Crippen molar-refractivity contribution in [2.75, 3.05) is 0 Å². The van der Waals surface area contributed by atoms with E-state index in [0.717, 1.165) is 0 Å². The van der Waals surface area contributed by atoms with Gasteiger partial charge in [0.25, 0.3) is 0 Å². The van der Waals surface area contributed by atoms with Crippen LogP contribution in [0.5, 0.6) is 5.88 Å². The molecule has 0 aliphatic rings. The van der Waals surface area contributed by atoms with Gasteiger partial charge in [0.1, 0.15) is 0 Å². The van der Waals surface area contributed by atoms with E-state index >= 15 is 0 Å². The van der Waals surface area contributed by atoms with Gasteiger partial charge in [0, 0.05) is 0 Å². The predicted molar refractivity (Wildman–Crippen MR) is 44.0 cm³/mol. The number of hydrogen-bond acceptors (Lipinski definition) is 3. The largest absolute Gasteiger partial charge is 0.505 e. The zero-order valence-electron chi connectivity index (χ0n) is 6.58. The van der Waals surface area contributed by atoms with E-state index < -0.39 is 0 Å². The lowest BCUT2D eigenvalue weighted by atomic mass is 10.5. The summed E-state index contributed by atoms with van der Waals surface area (Å²) in [6.45, 7) is 0. The summed E-state index contributed by atoms with van der Waals surface area (Å²) in [5.74, 6) is 0.377. The highest BCUT2D eigenvalue weighted by Crippen LogP contribution is 2.17. The number of carbonyl (C=O) groups excluding carboxylic acids is 1. The number of fused-ring (bicyclic) bond motifs is 1. The molecule has 13 heavy (non-hydrogen) atoms. The molecule has 0 fully saturated rings. The third-order valence-corrected chi connectivity index (χ3v) is 1.41. The average molecular weight is 179 g/mol. The summed E-state index contributed by atoms with van der Waals surface area (Å²) in [4.78, 5) is 0. The number of pyridine rings is 1. The summed E-state index contributed by atoms with van der Waals surface area (Å²) in [6.07, 6.45) is 0. The highest BCUT2D eigenvalue weighted by atomic mass is 16.4. The number of nitrogens with zero attached hydrogens (tertiary/aromatic N) is 4. The molecule has 2 aromatic heterocycles. The van der Waals surface area contributed by atoms with Crippen molar-refractivity contribution in [3.05, 3.63) is 18.2 Å². The van der Waals surface area contributed by atoms with Crippen molar-refractivity contribution in [2.24, 2.45) is 11.5 Å². The maximum absolute atomic E-state index is 5.17. The van der Waals surface area contributed by atoms with Crippen molar-refractivity contribution >= 4 is 11.7 Å². The van der Waals surface area contributed by atoms with Crippen LogP contribution >= 0.6 is 0 Å². The van der Waals surface area contributed by atoms with Gasteiger partial charge in [0.05, 0.1) is 6.07 Å². The van der Waals surface area contributed by atoms with Crippen LogP contribution in [0.3, 0.4) is 0 Å². The molecule has 2 amide bonds. The molecule has 0 saturated carbocycles. The highest BCUT2D eigenvalue weighted by molar-refractivity contribution is 5.70. The Labute approximate surface area is 72.6 Å². The molecule has 7 heteroatoms. The van der Waals surface area contributed by atoms with Crippen molar-refractivity contribution in [3.8, 4) is 5.88 Å². The molecule has 0 atom stereocenters. The van der Waals surface area contributed by atoms with E-state index in [1.165, 1.54) is 4.52 Å². The molecule has 0 radical (unpaired) electrons. The Morgan fingerprint density at radius 1 is 1.38 bits per heavy atom. The smallest absolute Gasteiger partial charge is 0.302 e. The van der Waals surface area contributed by atoms with Gasteiger partial charge in [-0.3, -0.25) is 0 Å². The molecule has 66 valence electrons. The lowest BCUT2D eigenvalue weighted by Gasteiger charge is -1.85. The van der Waals surface area contributed by atoms with E-state index in [1.54, 1.807) is 18.2 Å². The van der Waals surface area contributed by atoms with Crippen molar-refractivity contribution in [1.29, 1.82) is 0 Å². The minimum atomic E-state index is -0.150. The van der Waals surface area contributed by atoms with Gasteiger partial charge in [-0.15, -0.1) is 9.61 Å². The van der Waals surface area contributed by atoms with Crippen LogP contribution < -0.4 is 11.5 Å². The number of tetrazole rings is 1. The fraction of sp³-hybridized carbons (Fsp3) is 0. The Hall–Kier alpha value is -2.18. The fourth-order valence-corrected chi connectivity index (χ4v) is 0.940. The van der Waals surface area contributed by atoms with Crippen LogP contribution in [0.2, 0.25) is 0 Å². The predicted octanol–water partition coefficient (Wildman–Crippen LogP) is -0.589. The zero-order chi connectivity index (χ0) is 9.26. The summed E-state index contributed by atoms with van der Waals surface area (Å²) in [5.41, 5.74) is 10.9. The maximum atomic E-state index is 5.17. The molecule has 0 spiro atoms. The number of aromatic nitrogens is 4. The zero-order valence-corrected chi connectivity index (χ0v) is 6.58. The number of urea groups is 1. The van der Waals surface area contributed by atoms with Crippen LogP contribution in [0.4, 0.5) is 4.42 Å². The molecular weight excluding hydrogens is 172 g/mol. The molecule has 0 saturated heterocycles. The van der Waals surface area contributed by atoms with Crippen LogP contribution in [0.25, 0.3) is 5.65 Å². The van der Waals surface area contributed by atoms with E-state index in [-0.39, 0.29) is 6.03 Å². The molecular formula is C6H7N6O+. The number of nitrogens with two attached hydrogens (primary N) is 2. The average Bonchev–Trinajstić information content (AvgIpc) is 2.51. The van der Waals surface area contributed by atoms with Gasteiger partial charge in [0.15, 0.2) is 5.65 Å².